The molecule has 2 saturated carbocycles. The molecule has 3 rings (SSSR count). The Labute approximate surface area is 124 Å². The molecule has 0 aromatic carbocycles. The van der Waals surface area contributed by atoms with Crippen LogP contribution >= 0.6 is 0 Å². The largest absolute Gasteiger partial charge is 0.375 e. The van der Waals surface area contributed by atoms with Gasteiger partial charge in [0.05, 0.1) is 5.60 Å². The molecule has 116 valence electrons. The van der Waals surface area contributed by atoms with Crippen LogP contribution in [0.1, 0.15) is 78.1 Å². The Kier molecular flexibility index (Phi) is 4.16. The fourth-order valence-electron chi connectivity index (χ4n) is 5.31. The summed E-state index contributed by atoms with van der Waals surface area (Å²) in [6.07, 6.45) is 13.0. The lowest BCUT2D eigenvalue weighted by molar-refractivity contribution is -0.135. The highest BCUT2D eigenvalue weighted by Gasteiger charge is 2.49. The van der Waals surface area contributed by atoms with Gasteiger partial charge in [-0.05, 0) is 56.3 Å². The highest BCUT2D eigenvalue weighted by atomic mass is 16.5. The van der Waals surface area contributed by atoms with Gasteiger partial charge < -0.3 is 10.5 Å². The Balaban J connectivity index is 1.75. The van der Waals surface area contributed by atoms with Crippen molar-refractivity contribution in [2.45, 2.75) is 89.2 Å². The van der Waals surface area contributed by atoms with Crippen LogP contribution < -0.4 is 5.73 Å². The first-order valence-corrected chi connectivity index (χ1v) is 8.97. The third kappa shape index (κ3) is 2.66. The van der Waals surface area contributed by atoms with Crippen LogP contribution in [0.5, 0.6) is 0 Å². The molecule has 1 saturated heterocycles. The molecule has 0 radical (unpaired) electrons. The molecule has 4 unspecified atom stereocenters. The summed E-state index contributed by atoms with van der Waals surface area (Å²) in [6.45, 7) is 5.74. The molecule has 0 bridgehead atoms. The van der Waals surface area contributed by atoms with E-state index >= 15 is 0 Å². The van der Waals surface area contributed by atoms with Crippen LogP contribution in [0.4, 0.5) is 0 Å². The minimum atomic E-state index is 0.0753. The van der Waals surface area contributed by atoms with Crippen molar-refractivity contribution < 1.29 is 4.74 Å². The zero-order valence-corrected chi connectivity index (χ0v) is 13.5. The summed E-state index contributed by atoms with van der Waals surface area (Å²) < 4.78 is 6.28. The summed E-state index contributed by atoms with van der Waals surface area (Å²) in [5, 5.41) is 0. The Bertz CT molecular complexity index is 331. The van der Waals surface area contributed by atoms with Gasteiger partial charge in [0.1, 0.15) is 0 Å². The molecule has 2 nitrogen and oxygen atoms in total. The Hall–Kier alpha value is -0.0800. The Morgan fingerprint density at radius 2 is 1.70 bits per heavy atom. The summed E-state index contributed by atoms with van der Waals surface area (Å²) >= 11 is 0. The van der Waals surface area contributed by atoms with Crippen LogP contribution in [-0.2, 0) is 4.74 Å². The average molecular weight is 279 g/mol. The lowest BCUT2D eigenvalue weighted by Crippen LogP contribution is -2.59. The van der Waals surface area contributed by atoms with E-state index in [9.17, 15) is 0 Å². The van der Waals surface area contributed by atoms with Gasteiger partial charge in [-0.25, -0.2) is 0 Å². The van der Waals surface area contributed by atoms with E-state index in [0.29, 0.717) is 11.8 Å². The molecular formula is C18H33NO. The molecule has 0 aromatic heterocycles. The zero-order valence-electron chi connectivity index (χ0n) is 13.5. The number of hydrogen-bond acceptors (Lipinski definition) is 2. The second-order valence-electron chi connectivity index (χ2n) is 8.18. The van der Waals surface area contributed by atoms with Crippen molar-refractivity contribution in [2.24, 2.45) is 23.5 Å². The highest BCUT2D eigenvalue weighted by Crippen LogP contribution is 2.48. The quantitative estimate of drug-likeness (QED) is 0.778. The van der Waals surface area contributed by atoms with E-state index in [-0.39, 0.29) is 11.1 Å². The molecule has 1 spiro atoms. The van der Waals surface area contributed by atoms with E-state index in [2.05, 4.69) is 13.8 Å². The van der Waals surface area contributed by atoms with Crippen molar-refractivity contribution in [3.05, 3.63) is 0 Å². The minimum Gasteiger partial charge on any atom is -0.375 e. The van der Waals surface area contributed by atoms with Gasteiger partial charge in [0, 0.05) is 12.1 Å². The summed E-state index contributed by atoms with van der Waals surface area (Å²) in [4.78, 5) is 0. The molecular weight excluding hydrogens is 246 g/mol. The molecule has 3 aliphatic rings. The summed E-state index contributed by atoms with van der Waals surface area (Å²) in [5.74, 6) is 2.18. The van der Waals surface area contributed by atoms with Gasteiger partial charge in [-0.2, -0.15) is 0 Å². The fraction of sp³-hybridized carbons (Fsp3) is 1.00. The molecule has 0 amide bonds. The maximum absolute atomic E-state index is 7.00. The van der Waals surface area contributed by atoms with Crippen LogP contribution in [-0.4, -0.2) is 17.7 Å². The predicted molar refractivity (Wildman–Crippen MR) is 83.6 cm³/mol. The lowest BCUT2D eigenvalue weighted by atomic mass is 9.60. The second-order valence-corrected chi connectivity index (χ2v) is 8.18. The molecule has 1 heterocycles. The average Bonchev–Trinajstić information content (AvgIpc) is 2.44. The van der Waals surface area contributed by atoms with Gasteiger partial charge in [0.15, 0.2) is 0 Å². The number of hydrogen-bond donors (Lipinski definition) is 1. The third-order valence-corrected chi connectivity index (χ3v) is 6.73. The first-order valence-electron chi connectivity index (χ1n) is 8.97. The predicted octanol–water partition coefficient (Wildman–Crippen LogP) is 4.27. The SMILES string of the molecule is CC1CCC(C)C(N)(C2CCOC3(CCCCC3)C2)C1. The number of ether oxygens (including phenoxy) is 1. The zero-order chi connectivity index (χ0) is 14.2. The van der Waals surface area contributed by atoms with Gasteiger partial charge in [0.25, 0.3) is 0 Å². The van der Waals surface area contributed by atoms with Crippen molar-refractivity contribution in [3.63, 3.8) is 0 Å². The minimum absolute atomic E-state index is 0.0753. The topological polar surface area (TPSA) is 35.2 Å². The summed E-state index contributed by atoms with van der Waals surface area (Å²) in [6, 6.07) is 0. The summed E-state index contributed by atoms with van der Waals surface area (Å²) in [5.41, 5.74) is 7.28. The molecule has 20 heavy (non-hydrogen) atoms. The number of rotatable bonds is 1. The Morgan fingerprint density at radius 3 is 2.45 bits per heavy atom. The second kappa shape index (κ2) is 5.61. The van der Waals surface area contributed by atoms with Crippen molar-refractivity contribution in [2.75, 3.05) is 6.61 Å². The van der Waals surface area contributed by atoms with Gasteiger partial charge >= 0.3 is 0 Å². The van der Waals surface area contributed by atoms with Crippen molar-refractivity contribution in [3.8, 4) is 0 Å². The smallest absolute Gasteiger partial charge is 0.0685 e. The molecule has 2 N–H and O–H groups in total. The van der Waals surface area contributed by atoms with E-state index in [4.69, 9.17) is 10.5 Å². The van der Waals surface area contributed by atoms with Crippen molar-refractivity contribution >= 4 is 0 Å². The normalized spacial score (nSPS) is 45.5. The number of nitrogens with two attached hydrogens (primary N) is 1. The van der Waals surface area contributed by atoms with Gasteiger partial charge in [-0.15, -0.1) is 0 Å². The van der Waals surface area contributed by atoms with Gasteiger partial charge in [-0.1, -0.05) is 39.5 Å². The van der Waals surface area contributed by atoms with Crippen LogP contribution in [0.2, 0.25) is 0 Å². The molecule has 0 aromatic rings. The van der Waals surface area contributed by atoms with Crippen molar-refractivity contribution in [1.82, 2.24) is 0 Å². The lowest BCUT2D eigenvalue weighted by Gasteiger charge is -2.53. The maximum Gasteiger partial charge on any atom is 0.0685 e. The van der Waals surface area contributed by atoms with E-state index in [1.54, 1.807) is 0 Å². The van der Waals surface area contributed by atoms with E-state index in [1.807, 2.05) is 0 Å². The first kappa shape index (κ1) is 14.8. The fourth-order valence-corrected chi connectivity index (χ4v) is 5.31. The van der Waals surface area contributed by atoms with E-state index in [0.717, 1.165) is 12.5 Å². The molecule has 3 fully saturated rings. The van der Waals surface area contributed by atoms with Crippen LogP contribution in [0.15, 0.2) is 0 Å². The first-order chi connectivity index (χ1) is 9.54. The van der Waals surface area contributed by atoms with E-state index in [1.165, 1.54) is 64.2 Å². The Morgan fingerprint density at radius 1 is 0.950 bits per heavy atom. The van der Waals surface area contributed by atoms with Crippen molar-refractivity contribution in [1.29, 1.82) is 0 Å². The molecule has 2 heteroatoms. The standard InChI is InChI=1S/C18H33NO/c1-14-6-7-15(2)18(19,12-14)16-8-11-20-17(13-16)9-4-3-5-10-17/h14-16H,3-13,19H2,1-2H3. The van der Waals surface area contributed by atoms with Crippen LogP contribution in [0.3, 0.4) is 0 Å². The van der Waals surface area contributed by atoms with Crippen LogP contribution in [0.25, 0.3) is 0 Å². The van der Waals surface area contributed by atoms with Gasteiger partial charge in [-0.3, -0.25) is 0 Å². The molecule has 1 aliphatic heterocycles. The highest BCUT2D eigenvalue weighted by molar-refractivity contribution is 5.03. The monoisotopic (exact) mass is 279 g/mol. The van der Waals surface area contributed by atoms with Crippen LogP contribution in [0, 0.1) is 17.8 Å². The van der Waals surface area contributed by atoms with Gasteiger partial charge in [0.2, 0.25) is 0 Å². The van der Waals surface area contributed by atoms with E-state index < -0.39 is 0 Å². The third-order valence-electron chi connectivity index (χ3n) is 6.73. The summed E-state index contributed by atoms with van der Waals surface area (Å²) in [7, 11) is 0. The molecule has 2 aliphatic carbocycles. The maximum atomic E-state index is 7.00. The molecule has 4 atom stereocenters.